The van der Waals surface area contributed by atoms with E-state index in [9.17, 15) is 52.7 Å². The molecule has 4 aromatic carbocycles. The molecule has 2 aliphatic carbocycles. The van der Waals surface area contributed by atoms with Crippen LogP contribution in [0.1, 0.15) is 66.2 Å². The van der Waals surface area contributed by atoms with E-state index in [0.29, 0.717) is 46.5 Å². The maximum atomic E-state index is 14.0. The second-order valence-corrected chi connectivity index (χ2v) is 27.3. The van der Waals surface area contributed by atoms with Crippen molar-refractivity contribution in [2.45, 2.75) is 38.4 Å². The minimum absolute atomic E-state index is 0.0264. The van der Waals surface area contributed by atoms with E-state index in [-0.39, 0.29) is 23.3 Å². The van der Waals surface area contributed by atoms with Crippen LogP contribution in [0, 0.1) is 0 Å². The predicted molar refractivity (Wildman–Crippen MR) is 163 cm³/mol. The number of fused-ring (bicyclic) bond motifs is 2. The zero-order valence-electron chi connectivity index (χ0n) is 25.1. The van der Waals surface area contributed by atoms with Crippen molar-refractivity contribution >= 4 is 40.3 Å². The molecule has 0 aliphatic heterocycles. The fraction of sp³-hybridized carbons (Fsp3) is 0.200. The molecule has 4 aromatic rings. The van der Waals surface area contributed by atoms with Crippen molar-refractivity contribution in [1.29, 1.82) is 0 Å². The molecular formula is C35H20Cl2F12Zr. The number of rotatable bonds is 4. The molecule has 0 amide bonds. The van der Waals surface area contributed by atoms with Crippen LogP contribution in [-0.4, -0.2) is 0 Å². The number of hydrogen-bond donors (Lipinski definition) is 0. The molecule has 50 heavy (non-hydrogen) atoms. The number of alkyl halides is 12. The Morgan fingerprint density at radius 1 is 0.540 bits per heavy atom. The summed E-state index contributed by atoms with van der Waals surface area (Å²) in [7, 11) is 15.1. The number of halogens is 14. The summed E-state index contributed by atoms with van der Waals surface area (Å²) in [4.78, 5) is 0. The fourth-order valence-electron chi connectivity index (χ4n) is 6.74. The topological polar surface area (TPSA) is 0 Å². The Bertz CT molecular complexity index is 2010. The average Bonchev–Trinajstić information content (AvgIpc) is 3.56. The van der Waals surface area contributed by atoms with E-state index in [4.69, 9.17) is 17.0 Å². The normalized spacial score (nSPS) is 19.6. The summed E-state index contributed by atoms with van der Waals surface area (Å²) in [6.07, 6.45) is -18.0. The molecule has 0 radical (unpaired) electrons. The molecule has 2 unspecified atom stereocenters. The molecule has 0 aromatic heterocycles. The SMILES string of the molecule is C[C]1([Zr]([Cl])([Cl])[CH]2C(c3cc(C(F)(F)F)cc(C(F)(F)F)c3)=Cc3ccccc32)C(c2cc(C(F)(F)F)cc(C(F)(F)F)c2)=Cc2ccccc21. The van der Waals surface area contributed by atoms with Gasteiger partial charge in [-0.1, -0.05) is 0 Å². The zero-order chi connectivity index (χ0) is 36.8. The quantitative estimate of drug-likeness (QED) is 0.180. The third-order valence-electron chi connectivity index (χ3n) is 9.12. The van der Waals surface area contributed by atoms with E-state index in [2.05, 4.69) is 0 Å². The Balaban J connectivity index is 1.62. The third-order valence-corrected chi connectivity index (χ3v) is 24.1. The summed E-state index contributed by atoms with van der Waals surface area (Å²) in [5.74, 6) is 0. The molecule has 0 N–H and O–H groups in total. The molecule has 0 nitrogen and oxygen atoms in total. The van der Waals surface area contributed by atoms with Gasteiger partial charge in [0.25, 0.3) is 0 Å². The molecule has 262 valence electrons. The first-order chi connectivity index (χ1) is 22.9. The van der Waals surface area contributed by atoms with Gasteiger partial charge in [0.15, 0.2) is 0 Å². The molecule has 2 aliphatic rings. The number of hydrogen-bond acceptors (Lipinski definition) is 0. The summed E-state index contributed by atoms with van der Waals surface area (Å²) in [5, 5.41) is 0. The molecule has 15 heteroatoms. The molecule has 2 atom stereocenters. The summed E-state index contributed by atoms with van der Waals surface area (Å²) in [6.45, 7) is 1.46. The number of benzene rings is 4. The van der Waals surface area contributed by atoms with Gasteiger partial charge in [-0.05, 0) is 0 Å². The van der Waals surface area contributed by atoms with Gasteiger partial charge in [-0.25, -0.2) is 0 Å². The minimum atomic E-state index is -5.62. The number of allylic oxidation sites excluding steroid dienone is 2. The van der Waals surface area contributed by atoms with Gasteiger partial charge in [0.2, 0.25) is 0 Å². The zero-order valence-corrected chi connectivity index (χ0v) is 29.1. The summed E-state index contributed by atoms with van der Waals surface area (Å²) in [5.41, 5.74) is -6.12. The van der Waals surface area contributed by atoms with Gasteiger partial charge in [0, 0.05) is 0 Å². The molecule has 0 spiro atoms. The van der Waals surface area contributed by atoms with E-state index in [1.807, 2.05) is 0 Å². The van der Waals surface area contributed by atoms with Gasteiger partial charge >= 0.3 is 290 Å². The summed E-state index contributed by atoms with van der Waals surface area (Å²) in [6, 6.07) is 14.6. The van der Waals surface area contributed by atoms with Crippen molar-refractivity contribution in [3.05, 3.63) is 141 Å². The van der Waals surface area contributed by atoms with Crippen molar-refractivity contribution in [3.63, 3.8) is 0 Å². The van der Waals surface area contributed by atoms with Crippen LogP contribution < -0.4 is 0 Å². The Kier molecular flexibility index (Phi) is 8.84. The molecule has 0 fully saturated rings. The molecule has 0 saturated heterocycles. The van der Waals surface area contributed by atoms with E-state index >= 15 is 0 Å². The first kappa shape index (κ1) is 36.8. The van der Waals surface area contributed by atoms with Crippen LogP contribution in [0.3, 0.4) is 0 Å². The van der Waals surface area contributed by atoms with Gasteiger partial charge in [-0.2, -0.15) is 0 Å². The first-order valence-corrected chi connectivity index (χ1v) is 23.5. The van der Waals surface area contributed by atoms with Crippen molar-refractivity contribution in [2.75, 3.05) is 0 Å². The summed E-state index contributed by atoms with van der Waals surface area (Å²) >= 11 is -5.62. The Morgan fingerprint density at radius 3 is 1.44 bits per heavy atom. The molecule has 0 saturated carbocycles. The van der Waals surface area contributed by atoms with E-state index in [1.54, 1.807) is 42.5 Å². The maximum absolute atomic E-state index is 14.0. The second-order valence-electron chi connectivity index (χ2n) is 12.1. The van der Waals surface area contributed by atoms with Crippen LogP contribution in [0.5, 0.6) is 0 Å². The van der Waals surface area contributed by atoms with Crippen LogP contribution in [0.2, 0.25) is 0 Å². The molecule has 6 rings (SSSR count). The average molecular weight is 831 g/mol. The molecule has 0 heterocycles. The van der Waals surface area contributed by atoms with E-state index < -0.39 is 82.7 Å². The Morgan fingerprint density at radius 2 is 0.960 bits per heavy atom. The van der Waals surface area contributed by atoms with Crippen LogP contribution >= 0.6 is 17.0 Å². The van der Waals surface area contributed by atoms with E-state index in [0.717, 1.165) is 0 Å². The van der Waals surface area contributed by atoms with Gasteiger partial charge in [0.1, 0.15) is 0 Å². The van der Waals surface area contributed by atoms with Gasteiger partial charge in [-0.3, -0.25) is 0 Å². The van der Waals surface area contributed by atoms with Crippen LogP contribution in [0.4, 0.5) is 52.7 Å². The van der Waals surface area contributed by atoms with Crippen LogP contribution in [-0.2, 0) is 45.7 Å². The van der Waals surface area contributed by atoms with Crippen molar-refractivity contribution in [1.82, 2.24) is 0 Å². The fourth-order valence-corrected chi connectivity index (χ4v) is 19.4. The van der Waals surface area contributed by atoms with Crippen molar-refractivity contribution in [2.24, 2.45) is 0 Å². The van der Waals surface area contributed by atoms with Gasteiger partial charge in [-0.15, -0.1) is 0 Å². The monoisotopic (exact) mass is 828 g/mol. The third kappa shape index (κ3) is 6.25. The predicted octanol–water partition coefficient (Wildman–Crippen LogP) is 13.3. The first-order valence-electron chi connectivity index (χ1n) is 14.5. The van der Waals surface area contributed by atoms with E-state index in [1.165, 1.54) is 25.1 Å². The van der Waals surface area contributed by atoms with Crippen molar-refractivity contribution < 1.29 is 70.6 Å². The molecular weight excluding hydrogens is 810 g/mol. The summed E-state index contributed by atoms with van der Waals surface area (Å²) < 4.78 is 165. The van der Waals surface area contributed by atoms with Gasteiger partial charge < -0.3 is 0 Å². The standard InChI is InChI=1S/C18H11F6.C17H9F6.2ClH.Zr/c1-10-15-5-3-2-4-11(15)8-16(10)12-6-13(17(19,20)21)9-14(7-12)18(22,23)24;18-16(19,20)14-7-13(8-15(9-14)17(21,22)23)12-5-10-3-1-2-4-11(10)6-12;;;/h2-9H,1H3;1-9H;2*1H;/q;;;;+2/p-2. The van der Waals surface area contributed by atoms with Gasteiger partial charge in [0.05, 0.1) is 0 Å². The molecule has 0 bridgehead atoms. The van der Waals surface area contributed by atoms with Crippen LogP contribution in [0.25, 0.3) is 23.3 Å². The Hall–Kier alpha value is -3.02. The second kappa shape index (κ2) is 12.0. The van der Waals surface area contributed by atoms with Crippen molar-refractivity contribution in [3.8, 4) is 0 Å². The van der Waals surface area contributed by atoms with Crippen LogP contribution in [0.15, 0.2) is 84.9 Å². The Labute approximate surface area is 288 Å².